The minimum Gasteiger partial charge on any atom is -0.304 e. The van der Waals surface area contributed by atoms with Crippen LogP contribution >= 0.6 is 23.4 Å². The lowest BCUT2D eigenvalue weighted by atomic mass is 10.3. The predicted molar refractivity (Wildman–Crippen MR) is 60.5 cm³/mol. The smallest absolute Gasteiger partial charge is 0.0235 e. The van der Waals surface area contributed by atoms with Crippen LogP contribution < -0.4 is 0 Å². The lowest BCUT2D eigenvalue weighted by Crippen LogP contribution is -2.26. The zero-order valence-corrected chi connectivity index (χ0v) is 9.76. The van der Waals surface area contributed by atoms with E-state index >= 15 is 0 Å². The van der Waals surface area contributed by atoms with E-state index < -0.39 is 0 Å². The number of halogens is 1. The van der Waals surface area contributed by atoms with E-state index in [0.717, 1.165) is 25.4 Å². The molecule has 0 aromatic carbocycles. The van der Waals surface area contributed by atoms with Gasteiger partial charge >= 0.3 is 0 Å². The summed E-state index contributed by atoms with van der Waals surface area (Å²) in [7, 11) is 0. The van der Waals surface area contributed by atoms with Crippen molar-refractivity contribution in [3.63, 3.8) is 0 Å². The molecule has 0 atom stereocenters. The highest BCUT2D eigenvalue weighted by Crippen LogP contribution is 1.99. The Kier molecular flexibility index (Phi) is 10.2. The molecule has 0 aliphatic heterocycles. The third kappa shape index (κ3) is 7.26. The van der Waals surface area contributed by atoms with Crippen molar-refractivity contribution >= 4 is 23.4 Å². The van der Waals surface area contributed by atoms with Gasteiger partial charge in [-0.3, -0.25) is 0 Å². The molecule has 0 radical (unpaired) electrons. The molecular formula is C9H20ClNS. The van der Waals surface area contributed by atoms with E-state index in [1.807, 2.05) is 11.8 Å². The summed E-state index contributed by atoms with van der Waals surface area (Å²) in [5.41, 5.74) is 0. The van der Waals surface area contributed by atoms with Crippen LogP contribution in [0.3, 0.4) is 0 Å². The Balaban J connectivity index is 3.26. The van der Waals surface area contributed by atoms with Gasteiger partial charge in [0, 0.05) is 5.88 Å². The highest BCUT2D eigenvalue weighted by atomic mass is 35.5. The minimum atomic E-state index is 0.791. The van der Waals surface area contributed by atoms with E-state index in [0.29, 0.717) is 0 Å². The molecule has 0 N–H and O–H groups in total. The molecule has 1 nitrogen and oxygen atoms in total. The Labute approximate surface area is 85.8 Å². The third-order valence-electron chi connectivity index (χ3n) is 1.88. The molecule has 0 heterocycles. The Morgan fingerprint density at radius 2 is 1.92 bits per heavy atom. The molecule has 0 aliphatic rings. The fraction of sp³-hybridized carbons (Fsp3) is 1.00. The van der Waals surface area contributed by atoms with E-state index in [4.69, 9.17) is 11.6 Å². The van der Waals surface area contributed by atoms with Crippen molar-refractivity contribution in [3.8, 4) is 0 Å². The van der Waals surface area contributed by atoms with Crippen molar-refractivity contribution in [2.75, 3.05) is 37.5 Å². The van der Waals surface area contributed by atoms with Crippen molar-refractivity contribution in [1.82, 2.24) is 4.90 Å². The Morgan fingerprint density at radius 1 is 1.25 bits per heavy atom. The number of hydrogen-bond donors (Lipinski definition) is 0. The summed E-state index contributed by atoms with van der Waals surface area (Å²) in [6, 6.07) is 0. The highest BCUT2D eigenvalue weighted by molar-refractivity contribution is 7.98. The standard InChI is InChI=1S/C9H20ClNS/c1-3-11(7-4-6-10)8-5-9-12-2/h3-9H2,1-2H3. The van der Waals surface area contributed by atoms with Crippen molar-refractivity contribution in [2.24, 2.45) is 0 Å². The zero-order valence-electron chi connectivity index (χ0n) is 8.18. The van der Waals surface area contributed by atoms with Gasteiger partial charge in [0.2, 0.25) is 0 Å². The van der Waals surface area contributed by atoms with Crippen molar-refractivity contribution in [1.29, 1.82) is 0 Å². The van der Waals surface area contributed by atoms with Crippen LogP contribution in [-0.4, -0.2) is 42.4 Å². The fourth-order valence-electron chi connectivity index (χ4n) is 1.14. The maximum Gasteiger partial charge on any atom is 0.0235 e. The largest absolute Gasteiger partial charge is 0.304 e. The normalized spacial score (nSPS) is 11.0. The van der Waals surface area contributed by atoms with Gasteiger partial charge in [0.05, 0.1) is 0 Å². The average molecular weight is 210 g/mol. The van der Waals surface area contributed by atoms with Crippen LogP contribution in [0.2, 0.25) is 0 Å². The van der Waals surface area contributed by atoms with Crippen LogP contribution in [0.15, 0.2) is 0 Å². The Morgan fingerprint density at radius 3 is 2.42 bits per heavy atom. The van der Waals surface area contributed by atoms with E-state index in [-0.39, 0.29) is 0 Å². The van der Waals surface area contributed by atoms with E-state index in [2.05, 4.69) is 18.1 Å². The molecule has 12 heavy (non-hydrogen) atoms. The molecule has 0 spiro atoms. The predicted octanol–water partition coefficient (Wildman–Crippen LogP) is 2.69. The van der Waals surface area contributed by atoms with Gasteiger partial charge in [0.15, 0.2) is 0 Å². The fourth-order valence-corrected chi connectivity index (χ4v) is 1.68. The topological polar surface area (TPSA) is 3.24 Å². The monoisotopic (exact) mass is 209 g/mol. The summed E-state index contributed by atoms with van der Waals surface area (Å²) in [4.78, 5) is 2.47. The van der Waals surface area contributed by atoms with Gasteiger partial charge < -0.3 is 4.90 Å². The lowest BCUT2D eigenvalue weighted by molar-refractivity contribution is 0.291. The number of alkyl halides is 1. The summed E-state index contributed by atoms with van der Waals surface area (Å²) < 4.78 is 0. The highest BCUT2D eigenvalue weighted by Gasteiger charge is 1.99. The first-order valence-electron chi connectivity index (χ1n) is 4.62. The summed E-state index contributed by atoms with van der Waals surface area (Å²) in [5, 5.41) is 0. The van der Waals surface area contributed by atoms with Crippen molar-refractivity contribution in [2.45, 2.75) is 19.8 Å². The van der Waals surface area contributed by atoms with Gasteiger partial charge in [-0.1, -0.05) is 6.92 Å². The first-order valence-corrected chi connectivity index (χ1v) is 6.55. The summed E-state index contributed by atoms with van der Waals surface area (Å²) in [6.07, 6.45) is 4.58. The molecule has 0 aliphatic carbocycles. The molecular weight excluding hydrogens is 190 g/mol. The van der Waals surface area contributed by atoms with E-state index in [9.17, 15) is 0 Å². The molecule has 0 aromatic heterocycles. The third-order valence-corrected chi connectivity index (χ3v) is 2.84. The molecule has 0 amide bonds. The van der Waals surface area contributed by atoms with Gasteiger partial charge in [0.25, 0.3) is 0 Å². The first kappa shape index (κ1) is 12.6. The maximum atomic E-state index is 5.63. The second-order valence-corrected chi connectivity index (χ2v) is 4.19. The number of rotatable bonds is 8. The van der Waals surface area contributed by atoms with Crippen LogP contribution in [0.1, 0.15) is 19.8 Å². The van der Waals surface area contributed by atoms with Crippen LogP contribution in [0.25, 0.3) is 0 Å². The molecule has 0 saturated heterocycles. The van der Waals surface area contributed by atoms with E-state index in [1.165, 1.54) is 18.7 Å². The molecule has 0 unspecified atom stereocenters. The molecule has 0 bridgehead atoms. The molecule has 0 rings (SSSR count). The number of thioether (sulfide) groups is 1. The molecule has 0 fully saturated rings. The van der Waals surface area contributed by atoms with Gasteiger partial charge in [0.1, 0.15) is 0 Å². The second-order valence-electron chi connectivity index (χ2n) is 2.82. The van der Waals surface area contributed by atoms with Crippen molar-refractivity contribution in [3.05, 3.63) is 0 Å². The van der Waals surface area contributed by atoms with Gasteiger partial charge in [-0.2, -0.15) is 11.8 Å². The summed E-state index contributed by atoms with van der Waals surface area (Å²) in [5.74, 6) is 2.07. The Bertz CT molecular complexity index is 90.6. The number of nitrogens with zero attached hydrogens (tertiary/aromatic N) is 1. The lowest BCUT2D eigenvalue weighted by Gasteiger charge is -2.19. The van der Waals surface area contributed by atoms with Crippen LogP contribution in [-0.2, 0) is 0 Å². The maximum absolute atomic E-state index is 5.63. The van der Waals surface area contributed by atoms with Gasteiger partial charge in [-0.05, 0) is 44.5 Å². The minimum absolute atomic E-state index is 0.791. The van der Waals surface area contributed by atoms with Crippen LogP contribution in [0.5, 0.6) is 0 Å². The summed E-state index contributed by atoms with van der Waals surface area (Å²) in [6.45, 7) is 5.77. The quantitative estimate of drug-likeness (QED) is 0.447. The van der Waals surface area contributed by atoms with Gasteiger partial charge in [-0.15, -0.1) is 11.6 Å². The van der Waals surface area contributed by atoms with Crippen LogP contribution in [0.4, 0.5) is 0 Å². The molecule has 0 saturated carbocycles. The second kappa shape index (κ2) is 9.69. The van der Waals surface area contributed by atoms with E-state index in [1.54, 1.807) is 0 Å². The molecule has 0 aromatic rings. The average Bonchev–Trinajstić information content (AvgIpc) is 2.11. The first-order chi connectivity index (χ1) is 5.85. The SMILES string of the molecule is CCN(CCCCl)CCCSC. The van der Waals surface area contributed by atoms with Crippen molar-refractivity contribution < 1.29 is 0 Å². The molecule has 3 heteroatoms. The molecule has 74 valence electrons. The Hall–Kier alpha value is 0.600. The number of hydrogen-bond acceptors (Lipinski definition) is 2. The van der Waals surface area contributed by atoms with Crippen LogP contribution in [0, 0.1) is 0 Å². The zero-order chi connectivity index (χ0) is 9.23. The van der Waals surface area contributed by atoms with Gasteiger partial charge in [-0.25, -0.2) is 0 Å². The summed E-state index contributed by atoms with van der Waals surface area (Å²) >= 11 is 7.56.